The topological polar surface area (TPSA) is 12.5 Å². The largest absolute Gasteiger partial charge is 0.573 e. The molecule has 0 bridgehead atoms. The molecule has 5 heteroatoms. The zero-order chi connectivity index (χ0) is 16.0. The van der Waals surface area contributed by atoms with Crippen molar-refractivity contribution in [3.63, 3.8) is 0 Å². The quantitative estimate of drug-likeness (QED) is 0.566. The van der Waals surface area contributed by atoms with Gasteiger partial charge in [0.25, 0.3) is 0 Å². The molecule has 1 aliphatic heterocycles. The van der Waals surface area contributed by atoms with Crippen LogP contribution in [0.25, 0.3) is 0 Å². The SMILES string of the molecule is C=C/C(=C\C(=C)N1CC2C(C1)C2C(C)(C)C)OC(F)(F)F. The van der Waals surface area contributed by atoms with Crippen LogP contribution in [0.5, 0.6) is 0 Å². The number of alkyl halides is 3. The Balaban J connectivity index is 1.94. The van der Waals surface area contributed by atoms with Crippen molar-refractivity contribution in [2.45, 2.75) is 27.1 Å². The summed E-state index contributed by atoms with van der Waals surface area (Å²) in [6.07, 6.45) is -2.35. The van der Waals surface area contributed by atoms with Gasteiger partial charge in [0.1, 0.15) is 5.76 Å². The van der Waals surface area contributed by atoms with Crippen LogP contribution in [0.1, 0.15) is 20.8 Å². The fraction of sp³-hybridized carbons (Fsp3) is 0.625. The molecule has 21 heavy (non-hydrogen) atoms. The molecule has 0 N–H and O–H groups in total. The number of piperidine rings is 1. The van der Waals surface area contributed by atoms with E-state index in [1.165, 1.54) is 6.08 Å². The molecule has 0 aromatic carbocycles. The molecule has 0 amide bonds. The van der Waals surface area contributed by atoms with E-state index < -0.39 is 6.36 Å². The Hall–Kier alpha value is -1.39. The smallest absolute Gasteiger partial charge is 0.406 e. The molecule has 2 nitrogen and oxygen atoms in total. The standard InChI is InChI=1S/C16H22F3NO/c1-6-11(21-16(17,18)19)7-10(2)20-8-12-13(9-20)14(12)15(3,4)5/h6-7,12-14H,1-2,8-9H2,3-5H3/b11-7+. The van der Waals surface area contributed by atoms with Crippen LogP contribution in [0.2, 0.25) is 0 Å². The second-order valence-corrected chi connectivity index (χ2v) is 6.91. The van der Waals surface area contributed by atoms with Crippen LogP contribution in [-0.2, 0) is 4.74 Å². The predicted molar refractivity (Wildman–Crippen MR) is 76.1 cm³/mol. The lowest BCUT2D eigenvalue weighted by Crippen LogP contribution is -2.26. The van der Waals surface area contributed by atoms with Gasteiger partial charge in [-0.25, -0.2) is 0 Å². The maximum absolute atomic E-state index is 12.2. The molecule has 0 aromatic rings. The Labute approximate surface area is 124 Å². The van der Waals surface area contributed by atoms with Crippen LogP contribution >= 0.6 is 0 Å². The number of rotatable bonds is 4. The van der Waals surface area contributed by atoms with Gasteiger partial charge in [-0.05, 0) is 29.2 Å². The fourth-order valence-corrected chi connectivity index (χ4v) is 3.56. The lowest BCUT2D eigenvalue weighted by atomic mass is 9.87. The van der Waals surface area contributed by atoms with Gasteiger partial charge >= 0.3 is 6.36 Å². The molecule has 0 radical (unpaired) electrons. The van der Waals surface area contributed by atoms with Gasteiger partial charge in [-0.2, -0.15) is 0 Å². The molecule has 1 saturated heterocycles. The number of halogens is 3. The zero-order valence-corrected chi connectivity index (χ0v) is 12.7. The first-order chi connectivity index (χ1) is 9.53. The van der Waals surface area contributed by atoms with Crippen LogP contribution in [0.3, 0.4) is 0 Å². The summed E-state index contributed by atoms with van der Waals surface area (Å²) < 4.78 is 40.5. The van der Waals surface area contributed by atoms with E-state index in [9.17, 15) is 13.2 Å². The molecular formula is C16H22F3NO. The van der Waals surface area contributed by atoms with Crippen LogP contribution in [0.4, 0.5) is 13.2 Å². The van der Waals surface area contributed by atoms with Crippen LogP contribution in [0, 0.1) is 23.2 Å². The highest BCUT2D eigenvalue weighted by molar-refractivity contribution is 5.25. The van der Waals surface area contributed by atoms with E-state index in [0.717, 1.165) is 19.2 Å². The van der Waals surface area contributed by atoms with E-state index >= 15 is 0 Å². The minimum atomic E-state index is -4.70. The number of ether oxygens (including phenoxy) is 1. The minimum Gasteiger partial charge on any atom is -0.406 e. The van der Waals surface area contributed by atoms with Crippen LogP contribution in [-0.4, -0.2) is 24.4 Å². The summed E-state index contributed by atoms with van der Waals surface area (Å²) in [5.41, 5.74) is 0.846. The van der Waals surface area contributed by atoms with Gasteiger partial charge in [0.2, 0.25) is 0 Å². The molecule has 1 saturated carbocycles. The first-order valence-corrected chi connectivity index (χ1v) is 7.06. The highest BCUT2D eigenvalue weighted by Gasteiger charge is 2.59. The molecule has 2 atom stereocenters. The highest BCUT2D eigenvalue weighted by atomic mass is 19.4. The average Bonchev–Trinajstić information content (AvgIpc) is 2.84. The third-order valence-corrected chi connectivity index (χ3v) is 4.34. The van der Waals surface area contributed by atoms with Crippen LogP contribution in [0.15, 0.2) is 36.8 Å². The summed E-state index contributed by atoms with van der Waals surface area (Å²) in [5, 5.41) is 0. The Morgan fingerprint density at radius 1 is 1.19 bits per heavy atom. The molecule has 2 unspecified atom stereocenters. The molecule has 1 aliphatic carbocycles. The zero-order valence-electron chi connectivity index (χ0n) is 12.7. The third-order valence-electron chi connectivity index (χ3n) is 4.34. The minimum absolute atomic E-state index is 0.296. The number of likely N-dealkylation sites (tertiary alicyclic amines) is 1. The van der Waals surface area contributed by atoms with E-state index in [0.29, 0.717) is 28.9 Å². The van der Waals surface area contributed by atoms with E-state index in [-0.39, 0.29) is 5.76 Å². The number of hydrogen-bond donors (Lipinski definition) is 0. The second kappa shape index (κ2) is 5.11. The van der Waals surface area contributed by atoms with Gasteiger partial charge in [-0.15, -0.1) is 13.2 Å². The molecule has 2 fully saturated rings. The Morgan fingerprint density at radius 3 is 2.10 bits per heavy atom. The summed E-state index contributed by atoms with van der Waals surface area (Å²) in [7, 11) is 0. The summed E-state index contributed by atoms with van der Waals surface area (Å²) in [6.45, 7) is 15.6. The van der Waals surface area contributed by atoms with Crippen molar-refractivity contribution in [3.05, 3.63) is 36.8 Å². The first-order valence-electron chi connectivity index (χ1n) is 7.06. The van der Waals surface area contributed by atoms with E-state index in [4.69, 9.17) is 0 Å². The average molecular weight is 301 g/mol. The maximum Gasteiger partial charge on any atom is 0.573 e. The van der Waals surface area contributed by atoms with E-state index in [1.54, 1.807) is 0 Å². The van der Waals surface area contributed by atoms with Gasteiger partial charge in [-0.1, -0.05) is 33.9 Å². The normalized spacial score (nSPS) is 29.1. The number of allylic oxidation sites excluding steroid dienone is 2. The number of fused-ring (bicyclic) bond motifs is 1. The van der Waals surface area contributed by atoms with Crippen LogP contribution < -0.4 is 0 Å². The van der Waals surface area contributed by atoms with E-state index in [1.807, 2.05) is 4.90 Å². The molecule has 118 valence electrons. The van der Waals surface area contributed by atoms with E-state index in [2.05, 4.69) is 38.7 Å². The van der Waals surface area contributed by atoms with Gasteiger partial charge in [0.15, 0.2) is 0 Å². The first kappa shape index (κ1) is 16.0. The molecule has 0 spiro atoms. The Morgan fingerprint density at radius 2 is 1.71 bits per heavy atom. The number of hydrogen-bond acceptors (Lipinski definition) is 2. The summed E-state index contributed by atoms with van der Waals surface area (Å²) >= 11 is 0. The monoisotopic (exact) mass is 301 g/mol. The van der Waals surface area contributed by atoms with Gasteiger partial charge in [-0.3, -0.25) is 0 Å². The second-order valence-electron chi connectivity index (χ2n) is 6.91. The van der Waals surface area contributed by atoms with Gasteiger partial charge in [0, 0.05) is 24.9 Å². The predicted octanol–water partition coefficient (Wildman–Crippen LogP) is 4.33. The molecule has 1 heterocycles. The third kappa shape index (κ3) is 3.63. The van der Waals surface area contributed by atoms with Crippen molar-refractivity contribution in [1.82, 2.24) is 4.90 Å². The van der Waals surface area contributed by atoms with Crippen molar-refractivity contribution in [2.75, 3.05) is 13.1 Å². The molecule has 2 aliphatic rings. The van der Waals surface area contributed by atoms with Gasteiger partial charge < -0.3 is 9.64 Å². The summed E-state index contributed by atoms with van der Waals surface area (Å²) in [5.74, 6) is 1.65. The maximum atomic E-state index is 12.2. The molecule has 0 aromatic heterocycles. The fourth-order valence-electron chi connectivity index (χ4n) is 3.56. The lowest BCUT2D eigenvalue weighted by Gasteiger charge is -2.27. The Bertz CT molecular complexity index is 461. The lowest BCUT2D eigenvalue weighted by molar-refractivity contribution is -0.303. The van der Waals surface area contributed by atoms with Gasteiger partial charge in [0.05, 0.1) is 0 Å². The summed E-state index contributed by atoms with van der Waals surface area (Å²) in [6, 6.07) is 0. The Kier molecular flexibility index (Phi) is 3.89. The van der Waals surface area contributed by atoms with Crippen molar-refractivity contribution in [3.8, 4) is 0 Å². The highest BCUT2D eigenvalue weighted by Crippen LogP contribution is 2.60. The summed E-state index contributed by atoms with van der Waals surface area (Å²) in [4.78, 5) is 2.03. The van der Waals surface area contributed by atoms with Crippen molar-refractivity contribution in [2.24, 2.45) is 23.2 Å². The molecule has 2 rings (SSSR count). The number of nitrogens with zero attached hydrogens (tertiary/aromatic N) is 1. The van der Waals surface area contributed by atoms with Crippen molar-refractivity contribution < 1.29 is 17.9 Å². The van der Waals surface area contributed by atoms with Crippen molar-refractivity contribution >= 4 is 0 Å². The molecular weight excluding hydrogens is 279 g/mol. The van der Waals surface area contributed by atoms with Crippen molar-refractivity contribution in [1.29, 1.82) is 0 Å².